The van der Waals surface area contributed by atoms with E-state index < -0.39 is 0 Å². The van der Waals surface area contributed by atoms with E-state index in [1.807, 2.05) is 0 Å². The zero-order valence-corrected chi connectivity index (χ0v) is 20.2. The highest BCUT2D eigenvalue weighted by molar-refractivity contribution is 7.98. The normalized spacial score (nSPS) is 12.0. The maximum absolute atomic E-state index is 4.71. The second kappa shape index (κ2) is 12.2. The standard InChI is InChI=1S/C20H35N7S2/c1-7-21-19(23-12-10-18-24-15(4)16(5)29-18)22-11-8-9-17-25-26-20(28-6)27(17)13-14(2)3/h14H,7-13H2,1-6H3,(H2,21,22,23). The Balaban J connectivity index is 1.83. The second-order valence-corrected chi connectivity index (χ2v) is 9.46. The second-order valence-electron chi connectivity index (χ2n) is 7.40. The maximum atomic E-state index is 4.71. The van der Waals surface area contributed by atoms with Crippen LogP contribution in [0, 0.1) is 19.8 Å². The quantitative estimate of drug-likeness (QED) is 0.243. The maximum Gasteiger partial charge on any atom is 0.191 e. The summed E-state index contributed by atoms with van der Waals surface area (Å²) < 4.78 is 2.25. The van der Waals surface area contributed by atoms with Gasteiger partial charge in [-0.3, -0.25) is 4.99 Å². The summed E-state index contributed by atoms with van der Waals surface area (Å²) in [6.45, 7) is 14.1. The molecule has 0 aromatic carbocycles. The van der Waals surface area contributed by atoms with Crippen LogP contribution in [0.2, 0.25) is 0 Å². The molecule has 2 aromatic heterocycles. The highest BCUT2D eigenvalue weighted by atomic mass is 32.2. The minimum absolute atomic E-state index is 0.573. The molecule has 0 fully saturated rings. The molecule has 0 saturated heterocycles. The van der Waals surface area contributed by atoms with Crippen molar-refractivity contribution in [1.29, 1.82) is 0 Å². The van der Waals surface area contributed by atoms with Crippen LogP contribution in [0.25, 0.3) is 0 Å². The molecule has 7 nitrogen and oxygen atoms in total. The SMILES string of the molecule is CCNC(=NCCCc1nnc(SC)n1CC(C)C)NCCc1nc(C)c(C)s1. The molecule has 2 N–H and O–H groups in total. The number of thioether (sulfide) groups is 1. The van der Waals surface area contributed by atoms with Gasteiger partial charge in [0.2, 0.25) is 0 Å². The van der Waals surface area contributed by atoms with Gasteiger partial charge in [-0.2, -0.15) is 0 Å². The van der Waals surface area contributed by atoms with Crippen LogP contribution in [0.15, 0.2) is 10.1 Å². The summed E-state index contributed by atoms with van der Waals surface area (Å²) in [5.74, 6) is 2.50. The van der Waals surface area contributed by atoms with Crippen LogP contribution in [0.1, 0.15) is 48.6 Å². The molecule has 0 radical (unpaired) electrons. The predicted octanol–water partition coefficient (Wildman–Crippen LogP) is 3.46. The molecule has 2 rings (SSSR count). The van der Waals surface area contributed by atoms with Gasteiger partial charge in [-0.15, -0.1) is 21.5 Å². The van der Waals surface area contributed by atoms with E-state index in [-0.39, 0.29) is 0 Å². The van der Waals surface area contributed by atoms with E-state index in [9.17, 15) is 0 Å². The minimum atomic E-state index is 0.573. The first-order valence-corrected chi connectivity index (χ1v) is 12.4. The summed E-state index contributed by atoms with van der Waals surface area (Å²) >= 11 is 3.44. The Bertz CT molecular complexity index is 760. The molecule has 0 spiro atoms. The lowest BCUT2D eigenvalue weighted by Crippen LogP contribution is -2.38. The van der Waals surface area contributed by atoms with Crippen LogP contribution < -0.4 is 10.6 Å². The zero-order chi connectivity index (χ0) is 21.2. The highest BCUT2D eigenvalue weighted by Crippen LogP contribution is 2.17. The van der Waals surface area contributed by atoms with Gasteiger partial charge < -0.3 is 15.2 Å². The molecule has 0 saturated carbocycles. The molecular weight excluding hydrogens is 402 g/mol. The zero-order valence-electron chi connectivity index (χ0n) is 18.6. The van der Waals surface area contributed by atoms with Crippen LogP contribution in [-0.4, -0.2) is 51.6 Å². The summed E-state index contributed by atoms with van der Waals surface area (Å²) in [4.78, 5) is 10.6. The molecule has 0 aliphatic rings. The Morgan fingerprint density at radius 3 is 2.62 bits per heavy atom. The van der Waals surface area contributed by atoms with Crippen molar-refractivity contribution in [2.75, 3.05) is 25.9 Å². The third-order valence-electron chi connectivity index (χ3n) is 4.40. The van der Waals surface area contributed by atoms with Gasteiger partial charge in [-0.05, 0) is 39.4 Å². The van der Waals surface area contributed by atoms with E-state index in [2.05, 4.69) is 71.3 Å². The average molecular weight is 438 g/mol. The Kier molecular flexibility index (Phi) is 9.93. The van der Waals surface area contributed by atoms with E-state index in [1.165, 1.54) is 9.88 Å². The fourth-order valence-electron chi connectivity index (χ4n) is 2.91. The molecule has 162 valence electrons. The largest absolute Gasteiger partial charge is 0.357 e. The molecule has 0 amide bonds. The van der Waals surface area contributed by atoms with Gasteiger partial charge in [0, 0.05) is 43.9 Å². The van der Waals surface area contributed by atoms with E-state index >= 15 is 0 Å². The van der Waals surface area contributed by atoms with Gasteiger partial charge in [0.05, 0.1) is 10.7 Å². The first-order chi connectivity index (χ1) is 13.9. The van der Waals surface area contributed by atoms with E-state index in [0.717, 1.165) is 68.1 Å². The molecule has 2 aromatic rings. The lowest BCUT2D eigenvalue weighted by atomic mass is 10.2. The Labute approximate surface area is 183 Å². The minimum Gasteiger partial charge on any atom is -0.357 e. The molecule has 0 unspecified atom stereocenters. The average Bonchev–Trinajstić information content (AvgIpc) is 3.20. The third kappa shape index (κ3) is 7.62. The van der Waals surface area contributed by atoms with Crippen molar-refractivity contribution in [3.8, 4) is 0 Å². The fourth-order valence-corrected chi connectivity index (χ4v) is 4.36. The first-order valence-electron chi connectivity index (χ1n) is 10.4. The van der Waals surface area contributed by atoms with E-state index in [4.69, 9.17) is 4.99 Å². The van der Waals surface area contributed by atoms with Crippen LogP contribution in [0.4, 0.5) is 0 Å². The van der Waals surface area contributed by atoms with Crippen molar-refractivity contribution in [2.45, 2.75) is 65.6 Å². The monoisotopic (exact) mass is 437 g/mol. The molecule has 9 heteroatoms. The number of nitrogens with one attached hydrogen (secondary N) is 2. The van der Waals surface area contributed by atoms with Crippen molar-refractivity contribution in [3.63, 3.8) is 0 Å². The summed E-state index contributed by atoms with van der Waals surface area (Å²) in [5, 5.41) is 17.6. The number of guanidine groups is 1. The Hall–Kier alpha value is -1.61. The van der Waals surface area contributed by atoms with Crippen LogP contribution in [-0.2, 0) is 19.4 Å². The molecule has 0 bridgehead atoms. The topological polar surface area (TPSA) is 80.0 Å². The smallest absolute Gasteiger partial charge is 0.191 e. The van der Waals surface area contributed by atoms with Crippen molar-refractivity contribution in [2.24, 2.45) is 10.9 Å². The third-order valence-corrected chi connectivity index (χ3v) is 6.20. The van der Waals surface area contributed by atoms with Gasteiger partial charge >= 0.3 is 0 Å². The fraction of sp³-hybridized carbons (Fsp3) is 0.700. The summed E-state index contributed by atoms with van der Waals surface area (Å²) in [6, 6.07) is 0. The van der Waals surface area contributed by atoms with Crippen molar-refractivity contribution in [3.05, 3.63) is 21.4 Å². The summed E-state index contributed by atoms with van der Waals surface area (Å²) in [7, 11) is 0. The number of nitrogens with zero attached hydrogens (tertiary/aromatic N) is 5. The number of hydrogen-bond acceptors (Lipinski definition) is 6. The molecule has 2 heterocycles. The summed E-state index contributed by atoms with van der Waals surface area (Å²) in [5.41, 5.74) is 1.14. The van der Waals surface area contributed by atoms with Gasteiger partial charge in [0.15, 0.2) is 11.1 Å². The number of hydrogen-bond donors (Lipinski definition) is 2. The van der Waals surface area contributed by atoms with Crippen molar-refractivity contribution in [1.82, 2.24) is 30.4 Å². The number of rotatable bonds is 11. The summed E-state index contributed by atoms with van der Waals surface area (Å²) in [6.07, 6.45) is 4.81. The number of thiazole rings is 1. The van der Waals surface area contributed by atoms with E-state index in [0.29, 0.717) is 5.92 Å². The molecule has 0 aliphatic carbocycles. The molecule has 0 aliphatic heterocycles. The van der Waals surface area contributed by atoms with Crippen molar-refractivity contribution < 1.29 is 0 Å². The number of aryl methyl sites for hydroxylation is 3. The Morgan fingerprint density at radius 1 is 1.21 bits per heavy atom. The van der Waals surface area contributed by atoms with Gasteiger partial charge in [-0.1, -0.05) is 25.6 Å². The van der Waals surface area contributed by atoms with Crippen LogP contribution in [0.3, 0.4) is 0 Å². The molecule has 29 heavy (non-hydrogen) atoms. The van der Waals surface area contributed by atoms with Crippen molar-refractivity contribution >= 4 is 29.1 Å². The van der Waals surface area contributed by atoms with Gasteiger partial charge in [0.1, 0.15) is 5.82 Å². The lowest BCUT2D eigenvalue weighted by Gasteiger charge is -2.12. The lowest BCUT2D eigenvalue weighted by molar-refractivity contribution is 0.477. The van der Waals surface area contributed by atoms with E-state index in [1.54, 1.807) is 23.1 Å². The Morgan fingerprint density at radius 2 is 2.00 bits per heavy atom. The highest BCUT2D eigenvalue weighted by Gasteiger charge is 2.12. The van der Waals surface area contributed by atoms with Crippen LogP contribution >= 0.6 is 23.1 Å². The van der Waals surface area contributed by atoms with Crippen LogP contribution in [0.5, 0.6) is 0 Å². The molecule has 0 atom stereocenters. The number of aromatic nitrogens is 4. The van der Waals surface area contributed by atoms with Gasteiger partial charge in [-0.25, -0.2) is 4.98 Å². The first kappa shape index (κ1) is 23.7. The molecular formula is C20H35N7S2. The number of aliphatic imine (C=N–C) groups is 1. The predicted molar refractivity (Wildman–Crippen MR) is 124 cm³/mol. The van der Waals surface area contributed by atoms with Gasteiger partial charge in [0.25, 0.3) is 0 Å².